The van der Waals surface area contributed by atoms with E-state index in [9.17, 15) is 4.79 Å². The fourth-order valence-electron chi connectivity index (χ4n) is 3.70. The van der Waals surface area contributed by atoms with Gasteiger partial charge >= 0.3 is 6.03 Å². The SMILES string of the molecule is COc1cccc(N2CCC(CNC(=O)NCCc3ccc(OC)c(OC)c3)C2)c1. The molecule has 7 heteroatoms. The Bertz CT molecular complexity index is 843. The highest BCUT2D eigenvalue weighted by Gasteiger charge is 2.23. The van der Waals surface area contributed by atoms with Crippen LogP contribution in [0, 0.1) is 5.92 Å². The van der Waals surface area contributed by atoms with Crippen molar-refractivity contribution in [2.75, 3.05) is 52.4 Å². The van der Waals surface area contributed by atoms with Gasteiger partial charge in [0.25, 0.3) is 0 Å². The molecule has 2 N–H and O–H groups in total. The van der Waals surface area contributed by atoms with Gasteiger partial charge < -0.3 is 29.7 Å². The zero-order valence-corrected chi connectivity index (χ0v) is 17.9. The first kappa shape index (κ1) is 21.6. The van der Waals surface area contributed by atoms with Gasteiger partial charge in [-0.05, 0) is 48.6 Å². The van der Waals surface area contributed by atoms with Crippen molar-refractivity contribution >= 4 is 11.7 Å². The summed E-state index contributed by atoms with van der Waals surface area (Å²) in [5.74, 6) is 2.70. The minimum absolute atomic E-state index is 0.129. The molecule has 0 bridgehead atoms. The molecule has 1 fully saturated rings. The Kier molecular flexibility index (Phi) is 7.65. The predicted molar refractivity (Wildman–Crippen MR) is 118 cm³/mol. The molecule has 2 amide bonds. The molecule has 0 saturated carbocycles. The first-order valence-corrected chi connectivity index (χ1v) is 10.2. The van der Waals surface area contributed by atoms with E-state index in [4.69, 9.17) is 14.2 Å². The van der Waals surface area contributed by atoms with E-state index in [1.54, 1.807) is 21.3 Å². The molecule has 0 radical (unpaired) electrons. The highest BCUT2D eigenvalue weighted by molar-refractivity contribution is 5.73. The van der Waals surface area contributed by atoms with Crippen LogP contribution >= 0.6 is 0 Å². The summed E-state index contributed by atoms with van der Waals surface area (Å²) < 4.78 is 15.9. The molecular weight excluding hydrogens is 382 g/mol. The molecule has 1 atom stereocenters. The number of rotatable bonds is 9. The first-order valence-electron chi connectivity index (χ1n) is 10.2. The Morgan fingerprint density at radius 3 is 2.63 bits per heavy atom. The number of urea groups is 1. The van der Waals surface area contributed by atoms with Gasteiger partial charge in [-0.15, -0.1) is 0 Å². The molecule has 1 saturated heterocycles. The monoisotopic (exact) mass is 413 g/mol. The molecule has 0 aliphatic carbocycles. The summed E-state index contributed by atoms with van der Waals surface area (Å²) in [6.07, 6.45) is 1.78. The van der Waals surface area contributed by atoms with Gasteiger partial charge in [0.2, 0.25) is 0 Å². The van der Waals surface area contributed by atoms with E-state index in [1.807, 2.05) is 30.3 Å². The molecular formula is C23H31N3O4. The van der Waals surface area contributed by atoms with Crippen LogP contribution in [0.4, 0.5) is 10.5 Å². The summed E-state index contributed by atoms with van der Waals surface area (Å²) in [6.45, 7) is 3.14. The van der Waals surface area contributed by atoms with Crippen LogP contribution in [0.2, 0.25) is 0 Å². The van der Waals surface area contributed by atoms with E-state index in [1.165, 1.54) is 0 Å². The Morgan fingerprint density at radius 1 is 1.03 bits per heavy atom. The number of carbonyl (C=O) groups excluding carboxylic acids is 1. The second-order valence-electron chi connectivity index (χ2n) is 7.38. The Labute approximate surface area is 178 Å². The Hall–Kier alpha value is -3.09. The predicted octanol–water partition coefficient (Wildman–Crippen LogP) is 3.08. The summed E-state index contributed by atoms with van der Waals surface area (Å²) in [5.41, 5.74) is 2.24. The Balaban J connectivity index is 1.38. The van der Waals surface area contributed by atoms with Gasteiger partial charge in [0.05, 0.1) is 21.3 Å². The topological polar surface area (TPSA) is 72.1 Å². The van der Waals surface area contributed by atoms with Crippen LogP contribution in [0.1, 0.15) is 12.0 Å². The van der Waals surface area contributed by atoms with E-state index < -0.39 is 0 Å². The quantitative estimate of drug-likeness (QED) is 0.661. The number of benzene rings is 2. The van der Waals surface area contributed by atoms with Gasteiger partial charge in [-0.25, -0.2) is 4.79 Å². The van der Waals surface area contributed by atoms with E-state index >= 15 is 0 Å². The second kappa shape index (κ2) is 10.6. The molecule has 1 aliphatic heterocycles. The van der Waals surface area contributed by atoms with Gasteiger partial charge in [-0.3, -0.25) is 0 Å². The number of carbonyl (C=O) groups is 1. The number of hydrogen-bond donors (Lipinski definition) is 2. The molecule has 0 spiro atoms. The number of nitrogens with one attached hydrogen (secondary N) is 2. The minimum atomic E-state index is -0.129. The fourth-order valence-corrected chi connectivity index (χ4v) is 3.70. The zero-order chi connectivity index (χ0) is 21.3. The van der Waals surface area contributed by atoms with Crippen molar-refractivity contribution in [3.8, 4) is 17.2 Å². The highest BCUT2D eigenvalue weighted by Crippen LogP contribution is 2.28. The standard InChI is InChI=1S/C23H31N3O4/c1-28-20-6-4-5-19(14-20)26-12-10-18(16-26)15-25-23(27)24-11-9-17-7-8-21(29-2)22(13-17)30-3/h4-8,13-14,18H,9-12,15-16H2,1-3H3,(H2,24,25,27). The molecule has 0 aromatic heterocycles. The number of hydrogen-bond acceptors (Lipinski definition) is 5. The first-order chi connectivity index (χ1) is 14.6. The summed E-state index contributed by atoms with van der Waals surface area (Å²) in [5, 5.41) is 5.93. The summed E-state index contributed by atoms with van der Waals surface area (Å²) >= 11 is 0. The van der Waals surface area contributed by atoms with Crippen LogP contribution in [-0.4, -0.2) is 53.5 Å². The minimum Gasteiger partial charge on any atom is -0.497 e. The van der Waals surface area contributed by atoms with Crippen LogP contribution < -0.4 is 29.7 Å². The average molecular weight is 414 g/mol. The smallest absolute Gasteiger partial charge is 0.314 e. The third-order valence-corrected chi connectivity index (χ3v) is 5.40. The molecule has 30 heavy (non-hydrogen) atoms. The van der Waals surface area contributed by atoms with Crippen molar-refractivity contribution in [1.82, 2.24) is 10.6 Å². The van der Waals surface area contributed by atoms with Gasteiger partial charge in [0.1, 0.15) is 5.75 Å². The van der Waals surface area contributed by atoms with Crippen LogP contribution in [0.25, 0.3) is 0 Å². The third-order valence-electron chi connectivity index (χ3n) is 5.40. The van der Waals surface area contributed by atoms with Crippen molar-refractivity contribution in [2.45, 2.75) is 12.8 Å². The summed E-state index contributed by atoms with van der Waals surface area (Å²) in [4.78, 5) is 14.5. The number of nitrogens with zero attached hydrogens (tertiary/aromatic N) is 1. The maximum absolute atomic E-state index is 12.2. The normalized spacial score (nSPS) is 15.6. The van der Waals surface area contributed by atoms with E-state index in [0.29, 0.717) is 30.5 Å². The second-order valence-corrected chi connectivity index (χ2v) is 7.38. The van der Waals surface area contributed by atoms with E-state index in [2.05, 4.69) is 27.7 Å². The lowest BCUT2D eigenvalue weighted by Crippen LogP contribution is -2.39. The third kappa shape index (κ3) is 5.72. The van der Waals surface area contributed by atoms with Gasteiger partial charge in [0.15, 0.2) is 11.5 Å². The van der Waals surface area contributed by atoms with Crippen molar-refractivity contribution in [2.24, 2.45) is 5.92 Å². The summed E-state index contributed by atoms with van der Waals surface area (Å²) in [7, 11) is 4.91. The van der Waals surface area contributed by atoms with E-state index in [0.717, 1.165) is 42.9 Å². The molecule has 1 heterocycles. The van der Waals surface area contributed by atoms with Crippen LogP contribution in [-0.2, 0) is 6.42 Å². The lowest BCUT2D eigenvalue weighted by molar-refractivity contribution is 0.239. The fraction of sp³-hybridized carbons (Fsp3) is 0.435. The zero-order valence-electron chi connectivity index (χ0n) is 17.9. The van der Waals surface area contributed by atoms with Crippen LogP contribution in [0.5, 0.6) is 17.2 Å². The largest absolute Gasteiger partial charge is 0.497 e. The highest BCUT2D eigenvalue weighted by atomic mass is 16.5. The molecule has 162 valence electrons. The van der Waals surface area contributed by atoms with Crippen molar-refractivity contribution in [3.63, 3.8) is 0 Å². The maximum Gasteiger partial charge on any atom is 0.314 e. The average Bonchev–Trinajstić information content (AvgIpc) is 3.26. The van der Waals surface area contributed by atoms with Crippen molar-refractivity contribution in [1.29, 1.82) is 0 Å². The van der Waals surface area contributed by atoms with Crippen molar-refractivity contribution < 1.29 is 19.0 Å². The lowest BCUT2D eigenvalue weighted by Gasteiger charge is -2.19. The molecule has 2 aromatic carbocycles. The van der Waals surface area contributed by atoms with Crippen LogP contribution in [0.15, 0.2) is 42.5 Å². The molecule has 7 nitrogen and oxygen atoms in total. The van der Waals surface area contributed by atoms with Crippen LogP contribution in [0.3, 0.4) is 0 Å². The van der Waals surface area contributed by atoms with Gasteiger partial charge in [-0.2, -0.15) is 0 Å². The number of amides is 2. The molecule has 2 aromatic rings. The maximum atomic E-state index is 12.2. The molecule has 1 aliphatic rings. The lowest BCUT2D eigenvalue weighted by atomic mass is 10.1. The summed E-state index contributed by atoms with van der Waals surface area (Å²) in [6, 6.07) is 13.8. The van der Waals surface area contributed by atoms with Gasteiger partial charge in [0, 0.05) is 37.9 Å². The molecule has 1 unspecified atom stereocenters. The Morgan fingerprint density at radius 2 is 1.87 bits per heavy atom. The number of anilines is 1. The number of methoxy groups -OCH3 is 3. The number of ether oxygens (including phenoxy) is 3. The molecule has 3 rings (SSSR count). The van der Waals surface area contributed by atoms with Gasteiger partial charge in [-0.1, -0.05) is 12.1 Å². The van der Waals surface area contributed by atoms with E-state index in [-0.39, 0.29) is 6.03 Å². The van der Waals surface area contributed by atoms with Crippen molar-refractivity contribution in [3.05, 3.63) is 48.0 Å².